The Morgan fingerprint density at radius 1 is 1.23 bits per heavy atom. The van der Waals surface area contributed by atoms with Crippen molar-refractivity contribution in [2.75, 3.05) is 11.4 Å². The van der Waals surface area contributed by atoms with E-state index in [9.17, 15) is 9.59 Å². The zero-order valence-corrected chi connectivity index (χ0v) is 12.6. The number of thiazole rings is 1. The molecule has 1 aromatic carbocycles. The molecule has 3 aromatic rings. The van der Waals surface area contributed by atoms with Crippen molar-refractivity contribution >= 4 is 33.5 Å². The van der Waals surface area contributed by atoms with Crippen molar-refractivity contribution < 1.29 is 4.79 Å². The molecule has 1 aliphatic heterocycles. The fraction of sp³-hybridized carbons (Fsp3) is 0.200. The summed E-state index contributed by atoms with van der Waals surface area (Å²) >= 11 is 1.21. The maximum Gasteiger partial charge on any atom is 0.291 e. The van der Waals surface area contributed by atoms with E-state index >= 15 is 0 Å². The number of hydrogen-bond acceptors (Lipinski definition) is 5. The molecule has 0 N–H and O–H groups in total. The minimum atomic E-state index is -0.283. The molecule has 4 rings (SSSR count). The molecule has 6 nitrogen and oxygen atoms in total. The minimum Gasteiger partial charge on any atom is -0.308 e. The molecule has 0 fully saturated rings. The number of aromatic nitrogens is 3. The van der Waals surface area contributed by atoms with Gasteiger partial charge in [0, 0.05) is 12.1 Å². The fourth-order valence-electron chi connectivity index (χ4n) is 2.77. The molecule has 0 saturated heterocycles. The standard InChI is InChI=1S/C15H12N4O2S/c1-2-7-18-10-6-4-3-5-9(10)11(13(18)20)12-14(21)19-15(22-12)16-8-17-19/h3-6,8H,2,7H2,1H3/b12-11-. The highest BCUT2D eigenvalue weighted by molar-refractivity contribution is 7.15. The Kier molecular flexibility index (Phi) is 2.83. The van der Waals surface area contributed by atoms with E-state index in [0.717, 1.165) is 17.7 Å². The van der Waals surface area contributed by atoms with E-state index in [0.29, 0.717) is 21.6 Å². The zero-order chi connectivity index (χ0) is 15.3. The number of amides is 1. The van der Waals surface area contributed by atoms with Crippen molar-refractivity contribution in [1.82, 2.24) is 14.6 Å². The van der Waals surface area contributed by atoms with Gasteiger partial charge in [0.15, 0.2) is 0 Å². The van der Waals surface area contributed by atoms with Crippen LogP contribution in [0.5, 0.6) is 0 Å². The monoisotopic (exact) mass is 312 g/mol. The van der Waals surface area contributed by atoms with Crippen molar-refractivity contribution in [3.63, 3.8) is 0 Å². The predicted molar refractivity (Wildman–Crippen MR) is 83.9 cm³/mol. The minimum absolute atomic E-state index is 0.121. The van der Waals surface area contributed by atoms with Crippen LogP contribution in [0.15, 0.2) is 35.4 Å². The molecule has 1 aliphatic rings. The molecule has 0 atom stereocenters. The van der Waals surface area contributed by atoms with E-state index in [1.165, 1.54) is 22.2 Å². The van der Waals surface area contributed by atoms with Crippen LogP contribution >= 0.6 is 11.3 Å². The summed E-state index contributed by atoms with van der Waals surface area (Å²) in [6, 6.07) is 7.58. The lowest BCUT2D eigenvalue weighted by molar-refractivity contribution is -0.113. The van der Waals surface area contributed by atoms with Crippen molar-refractivity contribution in [2.45, 2.75) is 13.3 Å². The number of fused-ring (bicyclic) bond motifs is 2. The van der Waals surface area contributed by atoms with E-state index < -0.39 is 0 Å². The highest BCUT2D eigenvalue weighted by Gasteiger charge is 2.33. The number of benzene rings is 1. The first-order valence-electron chi connectivity index (χ1n) is 7.00. The van der Waals surface area contributed by atoms with Crippen molar-refractivity contribution in [3.05, 3.63) is 51.0 Å². The number of anilines is 1. The topological polar surface area (TPSA) is 67.6 Å². The van der Waals surface area contributed by atoms with Gasteiger partial charge < -0.3 is 4.90 Å². The van der Waals surface area contributed by atoms with Crippen molar-refractivity contribution in [3.8, 4) is 0 Å². The Balaban J connectivity index is 2.09. The second-order valence-electron chi connectivity index (χ2n) is 5.04. The lowest BCUT2D eigenvalue weighted by atomic mass is 10.1. The van der Waals surface area contributed by atoms with Gasteiger partial charge in [-0.15, -0.1) is 0 Å². The van der Waals surface area contributed by atoms with Gasteiger partial charge in [0.05, 0.1) is 11.3 Å². The number of hydrogen-bond donors (Lipinski definition) is 0. The van der Waals surface area contributed by atoms with Crippen LogP contribution in [0.3, 0.4) is 0 Å². The first-order valence-corrected chi connectivity index (χ1v) is 7.82. The average Bonchev–Trinajstić information content (AvgIpc) is 3.16. The first kappa shape index (κ1) is 13.1. The third kappa shape index (κ3) is 1.66. The van der Waals surface area contributed by atoms with Crippen LogP contribution in [0.2, 0.25) is 0 Å². The Labute approximate surface area is 129 Å². The van der Waals surface area contributed by atoms with E-state index in [1.54, 1.807) is 4.90 Å². The SMILES string of the molecule is CCCN1C(=O)/C(=c2\sc3ncnn3c2=O)c2ccccc21. The van der Waals surface area contributed by atoms with Gasteiger partial charge in [0.2, 0.25) is 4.96 Å². The molecule has 2 aromatic heterocycles. The summed E-state index contributed by atoms with van der Waals surface area (Å²) in [7, 11) is 0. The molecule has 0 radical (unpaired) electrons. The Morgan fingerprint density at radius 3 is 2.82 bits per heavy atom. The molecule has 0 unspecified atom stereocenters. The van der Waals surface area contributed by atoms with Crippen LogP contribution in [0.4, 0.5) is 5.69 Å². The highest BCUT2D eigenvalue weighted by Crippen LogP contribution is 2.35. The number of carbonyl (C=O) groups excluding carboxylic acids is 1. The van der Waals surface area contributed by atoms with Gasteiger partial charge in [-0.25, -0.2) is 4.98 Å². The molecule has 110 valence electrons. The lowest BCUT2D eigenvalue weighted by Crippen LogP contribution is -2.32. The third-order valence-electron chi connectivity index (χ3n) is 3.69. The second-order valence-corrected chi connectivity index (χ2v) is 6.02. The summed E-state index contributed by atoms with van der Waals surface area (Å²) in [5.74, 6) is -0.121. The van der Waals surface area contributed by atoms with Gasteiger partial charge in [0.25, 0.3) is 11.5 Å². The third-order valence-corrected chi connectivity index (χ3v) is 4.74. The molecule has 0 spiro atoms. The largest absolute Gasteiger partial charge is 0.308 e. The molecule has 0 saturated carbocycles. The van der Waals surface area contributed by atoms with E-state index in [1.807, 2.05) is 31.2 Å². The summed E-state index contributed by atoms with van der Waals surface area (Å²) in [6.07, 6.45) is 2.20. The van der Waals surface area contributed by atoms with Crippen LogP contribution in [0, 0.1) is 0 Å². The van der Waals surface area contributed by atoms with E-state index in [2.05, 4.69) is 10.1 Å². The molecule has 0 aliphatic carbocycles. The van der Waals surface area contributed by atoms with Crippen LogP contribution in [0.25, 0.3) is 10.5 Å². The Bertz CT molecular complexity index is 1000. The smallest absolute Gasteiger partial charge is 0.291 e. The number of rotatable bonds is 2. The zero-order valence-electron chi connectivity index (χ0n) is 11.8. The summed E-state index contributed by atoms with van der Waals surface area (Å²) in [4.78, 5) is 31.6. The van der Waals surface area contributed by atoms with Gasteiger partial charge >= 0.3 is 0 Å². The normalized spacial score (nSPS) is 16.6. The molecular weight excluding hydrogens is 300 g/mol. The number of para-hydroxylation sites is 1. The van der Waals surface area contributed by atoms with Crippen LogP contribution < -0.4 is 15.0 Å². The molecule has 22 heavy (non-hydrogen) atoms. The predicted octanol–water partition coefficient (Wildman–Crippen LogP) is 0.825. The van der Waals surface area contributed by atoms with Crippen LogP contribution in [0.1, 0.15) is 18.9 Å². The highest BCUT2D eigenvalue weighted by atomic mass is 32.1. The molecule has 3 heterocycles. The maximum atomic E-state index is 12.8. The van der Waals surface area contributed by atoms with Gasteiger partial charge in [-0.3, -0.25) is 9.59 Å². The number of nitrogens with zero attached hydrogens (tertiary/aromatic N) is 4. The van der Waals surface area contributed by atoms with Gasteiger partial charge in [-0.2, -0.15) is 9.61 Å². The first-order chi connectivity index (χ1) is 10.7. The maximum absolute atomic E-state index is 12.8. The quantitative estimate of drug-likeness (QED) is 0.703. The molecule has 7 heteroatoms. The molecule has 1 amide bonds. The van der Waals surface area contributed by atoms with Crippen molar-refractivity contribution in [1.29, 1.82) is 0 Å². The van der Waals surface area contributed by atoms with E-state index in [-0.39, 0.29) is 11.5 Å². The van der Waals surface area contributed by atoms with Crippen LogP contribution in [-0.2, 0) is 4.79 Å². The molecule has 0 bridgehead atoms. The fourth-order valence-corrected chi connectivity index (χ4v) is 3.75. The average molecular weight is 312 g/mol. The van der Waals surface area contributed by atoms with Gasteiger partial charge in [-0.05, 0) is 12.5 Å². The number of carbonyl (C=O) groups is 1. The lowest BCUT2D eigenvalue weighted by Gasteiger charge is -2.15. The Morgan fingerprint density at radius 2 is 2.05 bits per heavy atom. The van der Waals surface area contributed by atoms with Crippen molar-refractivity contribution in [2.24, 2.45) is 0 Å². The van der Waals surface area contributed by atoms with Gasteiger partial charge in [-0.1, -0.05) is 36.5 Å². The summed E-state index contributed by atoms with van der Waals surface area (Å²) in [5.41, 5.74) is 1.85. The van der Waals surface area contributed by atoms with Gasteiger partial charge in [0.1, 0.15) is 10.9 Å². The summed E-state index contributed by atoms with van der Waals surface area (Å²) in [5, 5.41) is 3.91. The second kappa shape index (κ2) is 4.74. The summed E-state index contributed by atoms with van der Waals surface area (Å²) in [6.45, 7) is 2.66. The van der Waals surface area contributed by atoms with Crippen LogP contribution in [-0.4, -0.2) is 27.0 Å². The Hall–Kier alpha value is -2.54. The van der Waals surface area contributed by atoms with E-state index in [4.69, 9.17) is 0 Å². The molecular formula is C15H12N4O2S. The summed E-state index contributed by atoms with van der Waals surface area (Å²) < 4.78 is 1.65.